The Hall–Kier alpha value is -4.10. The predicted molar refractivity (Wildman–Crippen MR) is 161 cm³/mol. The van der Waals surface area contributed by atoms with Crippen LogP contribution in [0, 0.1) is 0 Å². The van der Waals surface area contributed by atoms with Gasteiger partial charge in [-0.05, 0) is 90.5 Å². The van der Waals surface area contributed by atoms with E-state index in [-0.39, 0.29) is 13.2 Å². The first-order chi connectivity index (χ1) is 19.6. The van der Waals surface area contributed by atoms with Gasteiger partial charge in [0.2, 0.25) is 11.8 Å². The Morgan fingerprint density at radius 3 is 1.68 bits per heavy atom. The third-order valence-corrected chi connectivity index (χ3v) is 7.54. The number of nitrogen functional groups attached to an aromatic ring is 2. The van der Waals surface area contributed by atoms with E-state index in [0.717, 1.165) is 65.7 Å². The summed E-state index contributed by atoms with van der Waals surface area (Å²) in [6.45, 7) is 3.00. The topological polar surface area (TPSA) is 117 Å². The van der Waals surface area contributed by atoms with Crippen LogP contribution < -0.4 is 20.9 Å². The fourth-order valence-electron chi connectivity index (χ4n) is 5.56. The Morgan fingerprint density at radius 2 is 1.20 bits per heavy atom. The van der Waals surface area contributed by atoms with Gasteiger partial charge in [0.15, 0.2) is 0 Å². The molecule has 0 fully saturated rings. The van der Waals surface area contributed by atoms with E-state index in [1.54, 1.807) is 12.4 Å². The number of hydrogen-bond donors (Lipinski definition) is 3. The van der Waals surface area contributed by atoms with Crippen molar-refractivity contribution in [2.75, 3.05) is 31.3 Å². The summed E-state index contributed by atoms with van der Waals surface area (Å²) in [5.74, 6) is 1.18. The van der Waals surface area contributed by atoms with Gasteiger partial charge < -0.3 is 26.0 Å². The summed E-state index contributed by atoms with van der Waals surface area (Å²) in [5, 5.41) is 8.79. The maximum absolute atomic E-state index is 8.79. The van der Waals surface area contributed by atoms with Crippen LogP contribution in [0.3, 0.4) is 0 Å². The zero-order chi connectivity index (χ0) is 27.9. The first-order valence-electron chi connectivity index (χ1n) is 14.2. The van der Waals surface area contributed by atoms with Gasteiger partial charge in [-0.25, -0.2) is 9.97 Å². The second-order valence-corrected chi connectivity index (χ2v) is 10.2. The highest BCUT2D eigenvalue weighted by Crippen LogP contribution is 2.37. The molecule has 0 aliphatic heterocycles. The summed E-state index contributed by atoms with van der Waals surface area (Å²) in [4.78, 5) is 8.37. The van der Waals surface area contributed by atoms with Gasteiger partial charge in [-0.2, -0.15) is 0 Å². The molecule has 0 saturated heterocycles. The lowest BCUT2D eigenvalue weighted by atomic mass is 9.98. The number of aliphatic hydroxyl groups is 1. The summed E-state index contributed by atoms with van der Waals surface area (Å²) in [5.41, 5.74) is 24.1. The molecular weight excluding hydrogens is 500 g/mol. The number of anilines is 2. The Labute approximate surface area is 236 Å². The van der Waals surface area contributed by atoms with Crippen LogP contribution in [-0.4, -0.2) is 34.9 Å². The van der Waals surface area contributed by atoms with Crippen LogP contribution in [0.2, 0.25) is 0 Å². The van der Waals surface area contributed by atoms with Crippen LogP contribution in [-0.2, 0) is 25.7 Å². The minimum Gasteiger partial charge on any atom is -0.478 e. The number of nitrogens with zero attached hydrogens (tertiary/aromatic N) is 2. The molecule has 208 valence electrons. The fraction of sp³-hybridized carbons (Fsp3) is 0.333. The largest absolute Gasteiger partial charge is 0.478 e. The SMILES string of the molecule is CCCOc1cc(-c2ccc3c(c2N)CCC3)ccn1.Nc1c(-c2ccnc(OCCO)c2)ccc2c1CCC2. The Kier molecular flexibility index (Phi) is 8.81. The molecular formula is C33H38N4O3. The zero-order valence-electron chi connectivity index (χ0n) is 23.2. The first kappa shape index (κ1) is 27.5. The van der Waals surface area contributed by atoms with Crippen molar-refractivity contribution in [2.45, 2.75) is 51.9 Å². The third kappa shape index (κ3) is 6.05. The lowest BCUT2D eigenvalue weighted by Crippen LogP contribution is -2.03. The number of aryl methyl sites for hydroxylation is 2. The highest BCUT2D eigenvalue weighted by Gasteiger charge is 2.18. The number of rotatable bonds is 8. The van der Waals surface area contributed by atoms with E-state index in [9.17, 15) is 0 Å². The quantitative estimate of drug-likeness (QED) is 0.243. The number of aliphatic hydroxyl groups excluding tert-OH is 1. The van der Waals surface area contributed by atoms with Gasteiger partial charge in [0.1, 0.15) is 6.61 Å². The van der Waals surface area contributed by atoms with Crippen LogP contribution in [0.15, 0.2) is 60.9 Å². The zero-order valence-corrected chi connectivity index (χ0v) is 23.2. The van der Waals surface area contributed by atoms with E-state index in [4.69, 9.17) is 26.0 Å². The highest BCUT2D eigenvalue weighted by atomic mass is 16.5. The lowest BCUT2D eigenvalue weighted by Gasteiger charge is -2.12. The number of pyridine rings is 2. The monoisotopic (exact) mass is 538 g/mol. The van der Waals surface area contributed by atoms with Crippen molar-refractivity contribution in [1.29, 1.82) is 0 Å². The van der Waals surface area contributed by atoms with E-state index in [2.05, 4.69) is 41.2 Å². The number of benzene rings is 2. The summed E-state index contributed by atoms with van der Waals surface area (Å²) in [7, 11) is 0. The molecule has 0 radical (unpaired) electrons. The molecule has 6 rings (SSSR count). The number of ether oxygens (including phenoxy) is 2. The van der Waals surface area contributed by atoms with Gasteiger partial charge in [-0.1, -0.05) is 31.2 Å². The van der Waals surface area contributed by atoms with Crippen LogP contribution >= 0.6 is 0 Å². The normalized spacial score (nSPS) is 13.2. The molecule has 7 nitrogen and oxygen atoms in total. The van der Waals surface area contributed by atoms with Crippen LogP contribution in [0.5, 0.6) is 11.8 Å². The van der Waals surface area contributed by atoms with E-state index < -0.39 is 0 Å². The van der Waals surface area contributed by atoms with E-state index >= 15 is 0 Å². The molecule has 0 atom stereocenters. The van der Waals surface area contributed by atoms with Crippen molar-refractivity contribution < 1.29 is 14.6 Å². The summed E-state index contributed by atoms with van der Waals surface area (Å²) in [6, 6.07) is 16.3. The van der Waals surface area contributed by atoms with E-state index in [1.165, 1.54) is 35.1 Å². The van der Waals surface area contributed by atoms with Crippen LogP contribution in [0.4, 0.5) is 11.4 Å². The van der Waals surface area contributed by atoms with Gasteiger partial charge in [0.25, 0.3) is 0 Å². The highest BCUT2D eigenvalue weighted by molar-refractivity contribution is 5.81. The molecule has 4 aromatic rings. The maximum Gasteiger partial charge on any atom is 0.213 e. The van der Waals surface area contributed by atoms with Gasteiger partial charge in [0.05, 0.1) is 13.2 Å². The summed E-state index contributed by atoms with van der Waals surface area (Å²) < 4.78 is 10.9. The molecule has 2 heterocycles. The Bertz CT molecular complexity index is 1360. The van der Waals surface area contributed by atoms with Crippen molar-refractivity contribution in [3.05, 3.63) is 83.2 Å². The van der Waals surface area contributed by atoms with Crippen LogP contribution in [0.1, 0.15) is 48.4 Å². The molecule has 2 aliphatic carbocycles. The second-order valence-electron chi connectivity index (χ2n) is 10.2. The maximum atomic E-state index is 8.79. The average molecular weight is 539 g/mol. The molecule has 0 spiro atoms. The standard InChI is InChI=1S/C17H20N2O.C16H18N2O2/c1-2-10-20-16-11-13(8-9-19-16)15-7-6-12-4-3-5-14(12)17(15)18;17-16-13-3-1-2-11(13)4-5-14(16)12-6-7-18-15(10-12)20-9-8-19/h6-9,11H,2-5,10,18H2,1H3;4-7,10,19H,1-3,8-9,17H2. The van der Waals surface area contributed by atoms with Crippen molar-refractivity contribution in [1.82, 2.24) is 9.97 Å². The molecule has 0 bridgehead atoms. The number of hydrogen-bond acceptors (Lipinski definition) is 7. The molecule has 0 unspecified atom stereocenters. The molecule has 40 heavy (non-hydrogen) atoms. The average Bonchev–Trinajstić information content (AvgIpc) is 3.67. The molecule has 0 amide bonds. The van der Waals surface area contributed by atoms with Crippen LogP contribution in [0.25, 0.3) is 22.3 Å². The Morgan fingerprint density at radius 1 is 0.700 bits per heavy atom. The number of nitrogens with two attached hydrogens (primary N) is 2. The number of fused-ring (bicyclic) bond motifs is 2. The molecule has 2 aliphatic rings. The van der Waals surface area contributed by atoms with Crippen molar-refractivity contribution in [3.8, 4) is 34.0 Å². The number of aromatic nitrogens is 2. The molecule has 2 aromatic heterocycles. The fourth-order valence-corrected chi connectivity index (χ4v) is 5.56. The van der Waals surface area contributed by atoms with Crippen molar-refractivity contribution in [2.24, 2.45) is 0 Å². The molecule has 5 N–H and O–H groups in total. The summed E-state index contributed by atoms with van der Waals surface area (Å²) in [6.07, 6.45) is 11.3. The summed E-state index contributed by atoms with van der Waals surface area (Å²) >= 11 is 0. The first-order valence-corrected chi connectivity index (χ1v) is 14.2. The molecule has 2 aromatic carbocycles. The van der Waals surface area contributed by atoms with Gasteiger partial charge >= 0.3 is 0 Å². The van der Waals surface area contributed by atoms with Crippen molar-refractivity contribution >= 4 is 11.4 Å². The minimum absolute atomic E-state index is 0.0209. The third-order valence-electron chi connectivity index (χ3n) is 7.54. The lowest BCUT2D eigenvalue weighted by molar-refractivity contribution is 0.197. The molecule has 7 heteroatoms. The Balaban J connectivity index is 0.000000161. The minimum atomic E-state index is -0.0209. The van der Waals surface area contributed by atoms with Gasteiger partial charge in [0, 0.05) is 47.0 Å². The van der Waals surface area contributed by atoms with Gasteiger partial charge in [-0.15, -0.1) is 0 Å². The second kappa shape index (κ2) is 12.8. The van der Waals surface area contributed by atoms with E-state index in [0.29, 0.717) is 18.4 Å². The van der Waals surface area contributed by atoms with Crippen molar-refractivity contribution in [3.63, 3.8) is 0 Å². The van der Waals surface area contributed by atoms with E-state index in [1.807, 2.05) is 24.3 Å². The predicted octanol–water partition coefficient (Wildman–Crippen LogP) is 5.80. The molecule has 0 saturated carbocycles. The van der Waals surface area contributed by atoms with Gasteiger partial charge in [-0.3, -0.25) is 0 Å². The smallest absolute Gasteiger partial charge is 0.213 e.